The molecule has 2 aromatic rings. The van der Waals surface area contributed by atoms with Gasteiger partial charge >= 0.3 is 5.97 Å². The number of halogens is 1. The summed E-state index contributed by atoms with van der Waals surface area (Å²) in [6.07, 6.45) is 8.35. The first kappa shape index (κ1) is 30.0. The standard InChI is InChI=1S/C34H41ClN2O6/c1-36-15-4-3-7-29(38)26-11-8-23(26)19-37-20-33(14-5-6-22-16-25(35)10-12-27(22)33)21-43-30-13-9-24(17-28(30)37)34(42-2,32(40)41)18-31(36)39/h3,7,9-10,12-13,16-17,23,26,29,38H,4-6,8,11,14-15,18-21H2,1-2H3,(H,40,41)/b7-3+/t23-,26+,29+,33-,34-/m0/s1. The topological polar surface area (TPSA) is 99.5 Å². The molecule has 9 heteroatoms. The van der Waals surface area contributed by atoms with Crippen LogP contribution in [0.25, 0.3) is 0 Å². The summed E-state index contributed by atoms with van der Waals surface area (Å²) in [5.41, 5.74) is 1.56. The maximum absolute atomic E-state index is 13.3. The minimum atomic E-state index is -1.85. The highest BCUT2D eigenvalue weighted by Gasteiger charge is 2.47. The van der Waals surface area contributed by atoms with E-state index in [9.17, 15) is 19.8 Å². The Labute approximate surface area is 258 Å². The second-order valence-electron chi connectivity index (χ2n) is 12.8. The van der Waals surface area contributed by atoms with Crippen LogP contribution in [0.15, 0.2) is 48.6 Å². The molecular weight excluding hydrogens is 568 g/mol. The van der Waals surface area contributed by atoms with Gasteiger partial charge in [0.2, 0.25) is 5.91 Å². The highest BCUT2D eigenvalue weighted by molar-refractivity contribution is 6.30. The van der Waals surface area contributed by atoms with E-state index >= 15 is 0 Å². The first-order valence-corrected chi connectivity index (χ1v) is 15.7. The Bertz CT molecular complexity index is 1430. The Morgan fingerprint density at radius 2 is 2.02 bits per heavy atom. The summed E-state index contributed by atoms with van der Waals surface area (Å²) in [4.78, 5) is 30.1. The van der Waals surface area contributed by atoms with Gasteiger partial charge in [0, 0.05) is 44.2 Å². The monoisotopic (exact) mass is 608 g/mol. The molecule has 0 radical (unpaired) electrons. The molecule has 6 rings (SSSR count). The number of methoxy groups -OCH3 is 1. The minimum absolute atomic E-state index is 0.129. The molecule has 1 spiro atoms. The quantitative estimate of drug-likeness (QED) is 0.466. The molecule has 4 aliphatic rings. The largest absolute Gasteiger partial charge is 0.490 e. The molecule has 43 heavy (non-hydrogen) atoms. The Kier molecular flexibility index (Phi) is 8.22. The normalized spacial score (nSPS) is 31.7. The highest BCUT2D eigenvalue weighted by Crippen LogP contribution is 2.47. The van der Waals surface area contributed by atoms with Crippen molar-refractivity contribution in [1.29, 1.82) is 0 Å². The van der Waals surface area contributed by atoms with Crippen molar-refractivity contribution in [2.24, 2.45) is 11.8 Å². The number of carboxylic acid groups (broad SMARTS) is 1. The van der Waals surface area contributed by atoms with Crippen molar-refractivity contribution >= 4 is 29.2 Å². The molecule has 1 fully saturated rings. The fourth-order valence-corrected chi connectivity index (χ4v) is 7.81. The third kappa shape index (κ3) is 5.42. The van der Waals surface area contributed by atoms with Crippen LogP contribution in [0.2, 0.25) is 5.02 Å². The zero-order valence-corrected chi connectivity index (χ0v) is 25.7. The number of amides is 1. The number of hydrogen-bond acceptors (Lipinski definition) is 6. The Balaban J connectivity index is 1.47. The number of nitrogens with zero attached hydrogens (tertiary/aromatic N) is 2. The number of hydrogen-bond donors (Lipinski definition) is 2. The van der Waals surface area contributed by atoms with E-state index in [-0.39, 0.29) is 29.6 Å². The number of anilines is 1. The van der Waals surface area contributed by atoms with Gasteiger partial charge in [-0.25, -0.2) is 4.79 Å². The number of aliphatic carboxylic acids is 1. The van der Waals surface area contributed by atoms with Gasteiger partial charge < -0.3 is 29.5 Å². The van der Waals surface area contributed by atoms with E-state index in [4.69, 9.17) is 21.1 Å². The van der Waals surface area contributed by atoms with Gasteiger partial charge in [-0.1, -0.05) is 35.9 Å². The number of aliphatic hydroxyl groups excluding tert-OH is 1. The number of carbonyl (C=O) groups is 2. The van der Waals surface area contributed by atoms with Crippen LogP contribution in [0.4, 0.5) is 5.69 Å². The van der Waals surface area contributed by atoms with E-state index in [1.54, 1.807) is 13.1 Å². The fraction of sp³-hybridized carbons (Fsp3) is 0.529. The van der Waals surface area contributed by atoms with E-state index in [2.05, 4.69) is 17.0 Å². The van der Waals surface area contributed by atoms with E-state index in [0.29, 0.717) is 44.0 Å². The van der Waals surface area contributed by atoms with Crippen LogP contribution >= 0.6 is 11.6 Å². The number of benzene rings is 2. The Morgan fingerprint density at radius 3 is 2.77 bits per heavy atom. The lowest BCUT2D eigenvalue weighted by molar-refractivity contribution is -0.169. The number of aryl methyl sites for hydroxylation is 1. The molecule has 0 aromatic heterocycles. The van der Waals surface area contributed by atoms with Crippen LogP contribution in [0.5, 0.6) is 5.75 Å². The fourth-order valence-electron chi connectivity index (χ4n) is 7.62. The molecule has 1 amide bonds. The van der Waals surface area contributed by atoms with Gasteiger partial charge in [0.15, 0.2) is 5.60 Å². The van der Waals surface area contributed by atoms with Gasteiger partial charge in [-0.05, 0) is 91.3 Å². The molecule has 8 nitrogen and oxygen atoms in total. The maximum Gasteiger partial charge on any atom is 0.341 e. The highest BCUT2D eigenvalue weighted by atomic mass is 35.5. The van der Waals surface area contributed by atoms with Crippen molar-refractivity contribution in [2.45, 2.75) is 62.1 Å². The lowest BCUT2D eigenvalue weighted by Crippen LogP contribution is -2.49. The second-order valence-corrected chi connectivity index (χ2v) is 13.3. The zero-order valence-electron chi connectivity index (χ0n) is 24.9. The maximum atomic E-state index is 13.3. The average Bonchev–Trinajstić information content (AvgIpc) is 3.12. The van der Waals surface area contributed by atoms with E-state index in [0.717, 1.165) is 42.8 Å². The molecule has 5 atom stereocenters. The Morgan fingerprint density at radius 1 is 1.19 bits per heavy atom. The van der Waals surface area contributed by atoms with Crippen molar-refractivity contribution in [3.05, 3.63) is 70.3 Å². The molecular formula is C34H41ClN2O6. The van der Waals surface area contributed by atoms with Crippen LogP contribution in [-0.2, 0) is 31.8 Å². The Hall–Kier alpha value is -3.07. The summed E-state index contributed by atoms with van der Waals surface area (Å²) in [6.45, 7) is 2.29. The summed E-state index contributed by atoms with van der Waals surface area (Å²) < 4.78 is 12.3. The molecule has 2 heterocycles. The molecule has 2 bridgehead atoms. The smallest absolute Gasteiger partial charge is 0.341 e. The number of carbonyl (C=O) groups excluding carboxylic acids is 1. The molecule has 2 aliphatic heterocycles. The number of carboxylic acids is 1. The third-order valence-electron chi connectivity index (χ3n) is 10.4. The molecule has 2 N–H and O–H groups in total. The van der Waals surface area contributed by atoms with Crippen molar-refractivity contribution in [2.75, 3.05) is 45.3 Å². The zero-order chi connectivity index (χ0) is 30.4. The molecule has 1 saturated carbocycles. The van der Waals surface area contributed by atoms with Crippen molar-refractivity contribution in [3.63, 3.8) is 0 Å². The number of aliphatic hydroxyl groups is 1. The molecule has 2 aromatic carbocycles. The van der Waals surface area contributed by atoms with Gasteiger partial charge in [-0.3, -0.25) is 4.79 Å². The molecule has 230 valence electrons. The average molecular weight is 609 g/mol. The van der Waals surface area contributed by atoms with E-state index in [1.165, 1.54) is 23.1 Å². The van der Waals surface area contributed by atoms with Crippen molar-refractivity contribution in [3.8, 4) is 5.75 Å². The number of rotatable bonds is 2. The van der Waals surface area contributed by atoms with Crippen LogP contribution in [0.3, 0.4) is 0 Å². The lowest BCUT2D eigenvalue weighted by atomic mass is 9.68. The molecule has 0 saturated heterocycles. The van der Waals surface area contributed by atoms with Gasteiger partial charge in [0.05, 0.1) is 24.8 Å². The van der Waals surface area contributed by atoms with E-state index < -0.39 is 17.7 Å². The van der Waals surface area contributed by atoms with Crippen LogP contribution in [0.1, 0.15) is 55.2 Å². The van der Waals surface area contributed by atoms with Crippen LogP contribution in [0, 0.1) is 11.8 Å². The number of fused-ring (bicyclic) bond motifs is 4. The third-order valence-corrected chi connectivity index (χ3v) is 10.6. The molecule has 0 unspecified atom stereocenters. The van der Waals surface area contributed by atoms with E-state index in [1.807, 2.05) is 30.4 Å². The number of ether oxygens (including phenoxy) is 2. The minimum Gasteiger partial charge on any atom is -0.490 e. The summed E-state index contributed by atoms with van der Waals surface area (Å²) in [6, 6.07) is 11.6. The van der Waals surface area contributed by atoms with Gasteiger partial charge in [-0.2, -0.15) is 0 Å². The summed E-state index contributed by atoms with van der Waals surface area (Å²) in [5.74, 6) is -0.467. The lowest BCUT2D eigenvalue weighted by Gasteiger charge is -2.45. The predicted molar refractivity (Wildman–Crippen MR) is 165 cm³/mol. The van der Waals surface area contributed by atoms with Crippen LogP contribution < -0.4 is 9.64 Å². The predicted octanol–water partition coefficient (Wildman–Crippen LogP) is 4.93. The SMILES string of the molecule is CO[C@@]1(C(=O)O)CC(=O)N(C)CC/C=C/[C@@H](O)[C@@H]2CC[C@H]2CN2C[C@@]3(CCCc4cc(Cl)ccc43)COc3ccc1cc32. The van der Waals surface area contributed by atoms with Crippen LogP contribution in [-0.4, -0.2) is 73.5 Å². The summed E-state index contributed by atoms with van der Waals surface area (Å²) in [7, 11) is 3.02. The van der Waals surface area contributed by atoms with Crippen molar-refractivity contribution in [1.82, 2.24) is 4.90 Å². The second kappa shape index (κ2) is 11.8. The summed E-state index contributed by atoms with van der Waals surface area (Å²) in [5, 5.41) is 22.3. The summed E-state index contributed by atoms with van der Waals surface area (Å²) >= 11 is 6.41. The molecule has 2 aliphatic carbocycles. The first-order valence-electron chi connectivity index (χ1n) is 15.3. The van der Waals surface area contributed by atoms with Gasteiger partial charge in [-0.15, -0.1) is 0 Å². The first-order chi connectivity index (χ1) is 20.7. The van der Waals surface area contributed by atoms with Gasteiger partial charge in [0.1, 0.15) is 5.75 Å². The van der Waals surface area contributed by atoms with Gasteiger partial charge in [0.25, 0.3) is 0 Å². The van der Waals surface area contributed by atoms with Crippen molar-refractivity contribution < 1.29 is 29.3 Å².